The molecule has 0 amide bonds. The van der Waals surface area contributed by atoms with E-state index in [1.165, 1.54) is 11.1 Å². The second kappa shape index (κ2) is 11.7. The number of hydrogen-bond acceptors (Lipinski definition) is 2. The predicted molar refractivity (Wildman–Crippen MR) is 156 cm³/mol. The molecule has 5 aromatic carbocycles. The van der Waals surface area contributed by atoms with Gasteiger partial charge in [-0.25, -0.2) is 0 Å². The van der Waals surface area contributed by atoms with E-state index in [2.05, 4.69) is 95.6 Å². The maximum atomic E-state index is 7.25. The van der Waals surface area contributed by atoms with Gasteiger partial charge >= 0.3 is 0 Å². The molecule has 0 aliphatic heterocycles. The Bertz CT molecular complexity index is 1380. The largest absolute Gasteiger partial charge is 0.380 e. The SMILES string of the molecule is Clc1cc(NCc2ccccc2)c(Cl)c(C(NCc2ccccc2)(c2ccccc2)c2ccccc2)c1. The van der Waals surface area contributed by atoms with E-state index in [0.717, 1.165) is 22.4 Å². The Morgan fingerprint density at radius 3 is 1.51 bits per heavy atom. The summed E-state index contributed by atoms with van der Waals surface area (Å²) in [4.78, 5) is 0. The number of rotatable bonds is 9. The Morgan fingerprint density at radius 2 is 1.00 bits per heavy atom. The molecular formula is C33H28Cl2N2. The Balaban J connectivity index is 1.67. The van der Waals surface area contributed by atoms with Crippen LogP contribution in [0.15, 0.2) is 133 Å². The molecule has 0 unspecified atom stereocenters. The molecule has 0 aliphatic carbocycles. The maximum Gasteiger partial charge on any atom is 0.0966 e. The van der Waals surface area contributed by atoms with E-state index < -0.39 is 5.54 Å². The molecule has 0 fully saturated rings. The first-order chi connectivity index (χ1) is 18.2. The fourth-order valence-electron chi connectivity index (χ4n) is 4.77. The van der Waals surface area contributed by atoms with Gasteiger partial charge in [0, 0.05) is 23.7 Å². The van der Waals surface area contributed by atoms with Gasteiger partial charge in [0.25, 0.3) is 0 Å². The lowest BCUT2D eigenvalue weighted by Crippen LogP contribution is -2.44. The van der Waals surface area contributed by atoms with Gasteiger partial charge in [-0.1, -0.05) is 145 Å². The van der Waals surface area contributed by atoms with Gasteiger partial charge in [-0.15, -0.1) is 0 Å². The minimum atomic E-state index is -0.747. The van der Waals surface area contributed by atoms with E-state index in [9.17, 15) is 0 Å². The van der Waals surface area contributed by atoms with Crippen molar-refractivity contribution in [2.24, 2.45) is 0 Å². The zero-order valence-electron chi connectivity index (χ0n) is 20.4. The molecule has 0 radical (unpaired) electrons. The van der Waals surface area contributed by atoms with Gasteiger partial charge in [0.1, 0.15) is 0 Å². The van der Waals surface area contributed by atoms with Crippen LogP contribution in [0.1, 0.15) is 27.8 Å². The summed E-state index contributed by atoms with van der Waals surface area (Å²) < 4.78 is 0. The molecule has 2 N–H and O–H groups in total. The van der Waals surface area contributed by atoms with Crippen LogP contribution in [-0.2, 0) is 18.6 Å². The van der Waals surface area contributed by atoms with Gasteiger partial charge in [0.15, 0.2) is 0 Å². The monoisotopic (exact) mass is 522 g/mol. The number of benzene rings is 5. The highest BCUT2D eigenvalue weighted by Gasteiger charge is 2.38. The molecule has 0 heterocycles. The van der Waals surface area contributed by atoms with E-state index in [1.807, 2.05) is 48.5 Å². The minimum absolute atomic E-state index is 0.618. The molecule has 0 aromatic heterocycles. The predicted octanol–water partition coefficient (Wildman–Crippen LogP) is 8.69. The van der Waals surface area contributed by atoms with Crippen molar-refractivity contribution in [3.63, 3.8) is 0 Å². The number of hydrogen-bond donors (Lipinski definition) is 2. The molecule has 184 valence electrons. The van der Waals surface area contributed by atoms with Crippen LogP contribution in [0.4, 0.5) is 5.69 Å². The molecule has 4 heteroatoms. The van der Waals surface area contributed by atoms with Crippen molar-refractivity contribution in [3.8, 4) is 0 Å². The number of anilines is 1. The maximum absolute atomic E-state index is 7.25. The highest BCUT2D eigenvalue weighted by Crippen LogP contribution is 2.44. The van der Waals surface area contributed by atoms with Gasteiger partial charge < -0.3 is 5.32 Å². The lowest BCUT2D eigenvalue weighted by Gasteiger charge is -2.38. The van der Waals surface area contributed by atoms with Crippen molar-refractivity contribution in [1.29, 1.82) is 0 Å². The first-order valence-electron chi connectivity index (χ1n) is 12.3. The topological polar surface area (TPSA) is 24.1 Å². The molecule has 0 saturated carbocycles. The van der Waals surface area contributed by atoms with E-state index in [-0.39, 0.29) is 0 Å². The highest BCUT2D eigenvalue weighted by molar-refractivity contribution is 6.36. The normalized spacial score (nSPS) is 11.3. The van der Waals surface area contributed by atoms with E-state index in [4.69, 9.17) is 23.2 Å². The fraction of sp³-hybridized carbons (Fsp3) is 0.0909. The lowest BCUT2D eigenvalue weighted by molar-refractivity contribution is 0.471. The third kappa shape index (κ3) is 5.57. The molecule has 0 saturated heterocycles. The Morgan fingerprint density at radius 1 is 0.541 bits per heavy atom. The van der Waals surface area contributed by atoms with Crippen LogP contribution < -0.4 is 10.6 Å². The quantitative estimate of drug-likeness (QED) is 0.189. The summed E-state index contributed by atoms with van der Waals surface area (Å²) in [6.45, 7) is 1.28. The summed E-state index contributed by atoms with van der Waals surface area (Å²) >= 11 is 14.0. The lowest BCUT2D eigenvalue weighted by atomic mass is 9.76. The smallest absolute Gasteiger partial charge is 0.0966 e. The van der Waals surface area contributed by atoms with Gasteiger partial charge in [0.2, 0.25) is 0 Å². The van der Waals surface area contributed by atoms with Gasteiger partial charge in [0.05, 0.1) is 16.2 Å². The molecule has 0 aliphatic rings. The van der Waals surface area contributed by atoms with Crippen LogP contribution in [0.3, 0.4) is 0 Å². The summed E-state index contributed by atoms with van der Waals surface area (Å²) in [5.74, 6) is 0. The molecule has 0 spiro atoms. The van der Waals surface area contributed by atoms with E-state index in [0.29, 0.717) is 23.1 Å². The van der Waals surface area contributed by atoms with Crippen LogP contribution in [0, 0.1) is 0 Å². The summed E-state index contributed by atoms with van der Waals surface area (Å²) in [7, 11) is 0. The van der Waals surface area contributed by atoms with E-state index >= 15 is 0 Å². The molecule has 0 bridgehead atoms. The fourth-order valence-corrected chi connectivity index (χ4v) is 5.30. The first-order valence-corrected chi connectivity index (χ1v) is 13.1. The molecule has 5 rings (SSSR count). The van der Waals surface area contributed by atoms with Crippen molar-refractivity contribution in [2.75, 3.05) is 5.32 Å². The van der Waals surface area contributed by atoms with Crippen LogP contribution in [0.25, 0.3) is 0 Å². The molecule has 2 nitrogen and oxygen atoms in total. The third-order valence-electron chi connectivity index (χ3n) is 6.58. The molecular weight excluding hydrogens is 495 g/mol. The van der Waals surface area contributed by atoms with Gasteiger partial charge in [-0.3, -0.25) is 5.32 Å². The summed E-state index contributed by atoms with van der Waals surface area (Å²) in [5.41, 5.74) is 5.45. The van der Waals surface area contributed by atoms with Gasteiger partial charge in [-0.2, -0.15) is 0 Å². The second-order valence-corrected chi connectivity index (χ2v) is 9.79. The Kier molecular flexibility index (Phi) is 7.91. The van der Waals surface area contributed by atoms with Crippen LogP contribution >= 0.6 is 23.2 Å². The Labute approximate surface area is 228 Å². The van der Waals surface area contributed by atoms with Crippen molar-refractivity contribution in [3.05, 3.63) is 171 Å². The van der Waals surface area contributed by atoms with Gasteiger partial charge in [-0.05, 0) is 34.4 Å². The summed E-state index contributed by atoms with van der Waals surface area (Å²) in [5, 5.41) is 8.66. The van der Waals surface area contributed by atoms with Crippen molar-refractivity contribution < 1.29 is 0 Å². The Hall–Kier alpha value is -3.56. The minimum Gasteiger partial charge on any atom is -0.380 e. The van der Waals surface area contributed by atoms with Crippen LogP contribution in [0.2, 0.25) is 10.0 Å². The third-order valence-corrected chi connectivity index (χ3v) is 7.21. The average molecular weight is 524 g/mol. The van der Waals surface area contributed by atoms with Crippen LogP contribution in [-0.4, -0.2) is 0 Å². The van der Waals surface area contributed by atoms with Crippen molar-refractivity contribution >= 4 is 28.9 Å². The molecule has 37 heavy (non-hydrogen) atoms. The van der Waals surface area contributed by atoms with Crippen molar-refractivity contribution in [1.82, 2.24) is 5.32 Å². The number of nitrogens with one attached hydrogen (secondary N) is 2. The van der Waals surface area contributed by atoms with Crippen LogP contribution in [0.5, 0.6) is 0 Å². The van der Waals surface area contributed by atoms with E-state index in [1.54, 1.807) is 0 Å². The standard InChI is InChI=1S/C33H28Cl2N2/c34-29-21-30(32(35)31(22-29)36-23-25-13-5-1-6-14-25)33(27-17-9-3-10-18-27,28-19-11-4-12-20-28)37-24-26-15-7-2-8-16-26/h1-22,36-37H,23-24H2. The average Bonchev–Trinajstić information content (AvgIpc) is 2.96. The number of halogens is 2. The summed E-state index contributed by atoms with van der Waals surface area (Å²) in [6, 6.07) is 45.4. The zero-order valence-corrected chi connectivity index (χ0v) is 21.9. The second-order valence-electron chi connectivity index (χ2n) is 8.98. The first kappa shape index (κ1) is 25.1. The summed E-state index contributed by atoms with van der Waals surface area (Å²) in [6.07, 6.45) is 0. The highest BCUT2D eigenvalue weighted by atomic mass is 35.5. The van der Waals surface area contributed by atoms with Crippen molar-refractivity contribution in [2.45, 2.75) is 18.6 Å². The molecule has 5 aromatic rings. The molecule has 0 atom stereocenters. The zero-order chi connectivity index (χ0) is 25.5.